The molecule has 6 aliphatic rings. The van der Waals surface area contributed by atoms with Gasteiger partial charge < -0.3 is 4.74 Å². The quantitative estimate of drug-likeness (QED) is 0.484. The first-order chi connectivity index (χ1) is 12.4. The number of ether oxygens (including phenoxy) is 1. The first-order valence-corrected chi connectivity index (χ1v) is 10.5. The van der Waals surface area contributed by atoms with E-state index in [9.17, 15) is 9.59 Å². The van der Waals surface area contributed by atoms with Gasteiger partial charge in [-0.15, -0.1) is 0 Å². The van der Waals surface area contributed by atoms with Gasteiger partial charge in [0.1, 0.15) is 5.60 Å². The zero-order valence-electron chi connectivity index (χ0n) is 15.8. The molecule has 1 spiro atoms. The van der Waals surface area contributed by atoms with Crippen LogP contribution in [0, 0.1) is 40.4 Å². The number of rotatable bonds is 0. The highest BCUT2D eigenvalue weighted by atomic mass is 16.6. The van der Waals surface area contributed by atoms with Crippen LogP contribution in [0.3, 0.4) is 0 Å². The molecule has 1 aliphatic heterocycles. The van der Waals surface area contributed by atoms with Gasteiger partial charge in [-0.3, -0.25) is 9.59 Å². The molecule has 26 heavy (non-hydrogen) atoms. The largest absolute Gasteiger partial charge is 0.454 e. The van der Waals surface area contributed by atoms with Crippen LogP contribution in [0.25, 0.3) is 0 Å². The van der Waals surface area contributed by atoms with Gasteiger partial charge >= 0.3 is 5.97 Å². The lowest BCUT2D eigenvalue weighted by atomic mass is 9.46. The van der Waals surface area contributed by atoms with Crippen molar-refractivity contribution >= 4 is 11.8 Å². The topological polar surface area (TPSA) is 43.4 Å². The molecule has 5 aliphatic carbocycles. The first-order valence-electron chi connectivity index (χ1n) is 10.5. The maximum Gasteiger partial charge on any atom is 0.306 e. The van der Waals surface area contributed by atoms with E-state index in [4.69, 9.17) is 4.74 Å². The Bertz CT molecular complexity index is 793. The molecule has 0 amide bonds. The minimum atomic E-state index is -0.344. The lowest BCUT2D eigenvalue weighted by Crippen LogP contribution is -2.56. The molecule has 8 atom stereocenters. The Hall–Kier alpha value is -1.38. The van der Waals surface area contributed by atoms with Crippen molar-refractivity contribution in [1.82, 2.24) is 0 Å². The van der Waals surface area contributed by atoms with Crippen LogP contribution >= 0.6 is 0 Å². The van der Waals surface area contributed by atoms with Crippen LogP contribution in [0.1, 0.15) is 58.8 Å². The summed E-state index contributed by atoms with van der Waals surface area (Å²) >= 11 is 0. The molecule has 6 rings (SSSR count). The fraction of sp³-hybridized carbons (Fsp3) is 0.739. The lowest BCUT2D eigenvalue weighted by Gasteiger charge is -2.59. The monoisotopic (exact) mass is 352 g/mol. The zero-order chi connectivity index (χ0) is 17.9. The summed E-state index contributed by atoms with van der Waals surface area (Å²) in [5.41, 5.74) is 1.43. The highest BCUT2D eigenvalue weighted by Gasteiger charge is 2.70. The Kier molecular flexibility index (Phi) is 2.73. The van der Waals surface area contributed by atoms with Crippen LogP contribution in [-0.2, 0) is 14.3 Å². The van der Waals surface area contributed by atoms with Gasteiger partial charge in [0.25, 0.3) is 0 Å². The molecule has 3 nitrogen and oxygen atoms in total. The summed E-state index contributed by atoms with van der Waals surface area (Å²) in [6, 6.07) is 0. The maximum atomic E-state index is 12.1. The minimum Gasteiger partial charge on any atom is -0.454 e. The van der Waals surface area contributed by atoms with Gasteiger partial charge in [0, 0.05) is 24.7 Å². The molecular formula is C23H28O3. The van der Waals surface area contributed by atoms with Crippen LogP contribution in [-0.4, -0.2) is 17.4 Å². The average Bonchev–Trinajstić information content (AvgIpc) is 3.23. The molecule has 1 saturated heterocycles. The second-order valence-electron chi connectivity index (χ2n) is 10.4. The molecule has 0 aromatic heterocycles. The molecule has 3 saturated carbocycles. The molecule has 1 heterocycles. The fourth-order valence-electron chi connectivity index (χ4n) is 8.06. The van der Waals surface area contributed by atoms with Gasteiger partial charge in [-0.2, -0.15) is 0 Å². The van der Waals surface area contributed by atoms with Gasteiger partial charge in [0.2, 0.25) is 0 Å². The molecule has 3 heteroatoms. The van der Waals surface area contributed by atoms with Crippen molar-refractivity contribution in [1.29, 1.82) is 0 Å². The summed E-state index contributed by atoms with van der Waals surface area (Å²) in [4.78, 5) is 24.0. The molecule has 0 radical (unpaired) electrons. The van der Waals surface area contributed by atoms with Crippen LogP contribution < -0.4 is 0 Å². The van der Waals surface area contributed by atoms with Crippen molar-refractivity contribution in [3.05, 3.63) is 23.8 Å². The van der Waals surface area contributed by atoms with Crippen molar-refractivity contribution in [2.45, 2.75) is 64.4 Å². The van der Waals surface area contributed by atoms with Gasteiger partial charge in [0.05, 0.1) is 0 Å². The first kappa shape index (κ1) is 15.7. The Labute approximate surface area is 155 Å². The number of hydrogen-bond acceptors (Lipinski definition) is 3. The van der Waals surface area contributed by atoms with Crippen LogP contribution in [0.4, 0.5) is 0 Å². The fourth-order valence-corrected chi connectivity index (χ4v) is 8.06. The Morgan fingerprint density at radius 1 is 1.12 bits per heavy atom. The van der Waals surface area contributed by atoms with Crippen molar-refractivity contribution < 1.29 is 14.3 Å². The predicted molar refractivity (Wildman–Crippen MR) is 97.0 cm³/mol. The number of fused-ring (bicyclic) bond motifs is 9. The normalized spacial score (nSPS) is 56.4. The summed E-state index contributed by atoms with van der Waals surface area (Å²) in [6.07, 6.45) is 13.5. The van der Waals surface area contributed by atoms with E-state index < -0.39 is 0 Å². The SMILES string of the molecule is C[C@]12CCC(=O)C=C1[C@@H]1C[C@@H]1[C@@H]1[C@@H]2CC[C@@]2(C)[C@H]1C=CC21CCC(=O)O1. The van der Waals surface area contributed by atoms with E-state index in [1.54, 1.807) is 0 Å². The van der Waals surface area contributed by atoms with E-state index in [0.717, 1.165) is 31.6 Å². The van der Waals surface area contributed by atoms with Crippen LogP contribution in [0.2, 0.25) is 0 Å². The second kappa shape index (κ2) is 4.54. The minimum absolute atomic E-state index is 0.0189. The Morgan fingerprint density at radius 2 is 1.96 bits per heavy atom. The number of esters is 1. The molecule has 0 aromatic carbocycles. The van der Waals surface area contributed by atoms with E-state index >= 15 is 0 Å². The van der Waals surface area contributed by atoms with Crippen molar-refractivity contribution in [3.8, 4) is 0 Å². The summed E-state index contributed by atoms with van der Waals surface area (Å²) in [5, 5.41) is 0. The summed E-state index contributed by atoms with van der Waals surface area (Å²) < 4.78 is 5.97. The van der Waals surface area contributed by atoms with Gasteiger partial charge in [0.15, 0.2) is 5.78 Å². The third-order valence-corrected chi connectivity index (χ3v) is 9.54. The number of carbonyl (C=O) groups excluding carboxylic acids is 2. The van der Waals surface area contributed by atoms with E-state index in [0.29, 0.717) is 35.9 Å². The van der Waals surface area contributed by atoms with Gasteiger partial charge in [-0.1, -0.05) is 25.5 Å². The molecule has 138 valence electrons. The van der Waals surface area contributed by atoms with Crippen molar-refractivity contribution in [2.24, 2.45) is 40.4 Å². The standard InChI is InChI=1S/C23H28O3/c1-21-7-3-13(24)11-18(21)14-12-15(14)20-16(21)4-8-22(2)17(20)5-9-23(22)10-6-19(25)26-23/h5,9,11,14-17,20H,3-4,6-8,10,12H2,1-2H3/t14-,15+,16+,17+,20-,21-,22+,23?/m1/s1. The molecule has 4 fully saturated rings. The molecule has 0 aromatic rings. The highest BCUT2D eigenvalue weighted by Crippen LogP contribution is 2.74. The van der Waals surface area contributed by atoms with E-state index in [-0.39, 0.29) is 22.4 Å². The second-order valence-corrected chi connectivity index (χ2v) is 10.4. The van der Waals surface area contributed by atoms with E-state index in [1.807, 2.05) is 6.08 Å². The smallest absolute Gasteiger partial charge is 0.306 e. The number of hydrogen-bond donors (Lipinski definition) is 0. The summed E-state index contributed by atoms with van der Waals surface area (Å²) in [5.74, 6) is 3.62. The number of allylic oxidation sites excluding steroid dienone is 3. The number of ketones is 1. The third kappa shape index (κ3) is 1.63. The average molecular weight is 352 g/mol. The maximum absolute atomic E-state index is 12.1. The summed E-state index contributed by atoms with van der Waals surface area (Å²) in [7, 11) is 0. The molecule has 0 bridgehead atoms. The van der Waals surface area contributed by atoms with Crippen LogP contribution in [0.15, 0.2) is 23.8 Å². The predicted octanol–water partition coefficient (Wildman–Crippen LogP) is 4.23. The molecule has 1 unspecified atom stereocenters. The number of carbonyl (C=O) groups is 2. The van der Waals surface area contributed by atoms with E-state index in [2.05, 4.69) is 26.0 Å². The molecule has 0 N–H and O–H groups in total. The van der Waals surface area contributed by atoms with Gasteiger partial charge in [-0.25, -0.2) is 0 Å². The lowest BCUT2D eigenvalue weighted by molar-refractivity contribution is -0.163. The highest BCUT2D eigenvalue weighted by molar-refractivity contribution is 5.92. The molecular weight excluding hydrogens is 324 g/mol. The van der Waals surface area contributed by atoms with Crippen LogP contribution in [0.5, 0.6) is 0 Å². The zero-order valence-corrected chi connectivity index (χ0v) is 15.8. The third-order valence-electron chi connectivity index (χ3n) is 9.54. The van der Waals surface area contributed by atoms with E-state index in [1.165, 1.54) is 18.4 Å². The summed E-state index contributed by atoms with van der Waals surface area (Å²) in [6.45, 7) is 4.84. The Balaban J connectivity index is 1.42. The van der Waals surface area contributed by atoms with Gasteiger partial charge in [-0.05, 0) is 72.8 Å². The van der Waals surface area contributed by atoms with Crippen molar-refractivity contribution in [3.63, 3.8) is 0 Å². The Morgan fingerprint density at radius 3 is 2.73 bits per heavy atom. The van der Waals surface area contributed by atoms with Crippen molar-refractivity contribution in [2.75, 3.05) is 0 Å².